The van der Waals surface area contributed by atoms with Crippen LogP contribution in [0.25, 0.3) is 0 Å². The van der Waals surface area contributed by atoms with E-state index in [-0.39, 0.29) is 12.3 Å². The zero-order valence-corrected chi connectivity index (χ0v) is 8.47. The highest BCUT2D eigenvalue weighted by atomic mass is 16.3. The molecule has 2 unspecified atom stereocenters. The average Bonchev–Trinajstić information content (AvgIpc) is 2.68. The van der Waals surface area contributed by atoms with Crippen LogP contribution in [0.15, 0.2) is 12.4 Å². The summed E-state index contributed by atoms with van der Waals surface area (Å²) in [5.74, 6) is 0.167. The van der Waals surface area contributed by atoms with E-state index in [0.717, 1.165) is 0 Å². The van der Waals surface area contributed by atoms with Crippen molar-refractivity contribution in [3.63, 3.8) is 0 Å². The number of rotatable bonds is 5. The number of carbonyl (C=O) groups is 1. The number of hydrogen-bond donors (Lipinski definition) is 4. The molecule has 0 saturated carbocycles. The Hall–Kier alpha value is -1.40. The molecule has 0 bridgehead atoms. The van der Waals surface area contributed by atoms with Crippen molar-refractivity contribution < 1.29 is 15.0 Å². The monoisotopic (exact) mass is 213 g/mol. The van der Waals surface area contributed by atoms with Crippen molar-refractivity contribution in [1.82, 2.24) is 15.3 Å². The molecular formula is C9H15N3O3. The molecular weight excluding hydrogens is 198 g/mol. The summed E-state index contributed by atoms with van der Waals surface area (Å²) in [4.78, 5) is 17.1. The van der Waals surface area contributed by atoms with E-state index in [1.54, 1.807) is 6.20 Å². The third-order valence-electron chi connectivity index (χ3n) is 1.98. The third-order valence-corrected chi connectivity index (χ3v) is 1.98. The van der Waals surface area contributed by atoms with E-state index in [4.69, 9.17) is 0 Å². The van der Waals surface area contributed by atoms with Gasteiger partial charge in [-0.2, -0.15) is 0 Å². The lowest BCUT2D eigenvalue weighted by Gasteiger charge is -2.15. The molecule has 15 heavy (non-hydrogen) atoms. The van der Waals surface area contributed by atoms with Gasteiger partial charge in [0, 0.05) is 25.9 Å². The van der Waals surface area contributed by atoms with E-state index in [1.807, 2.05) is 0 Å². The van der Waals surface area contributed by atoms with Crippen LogP contribution >= 0.6 is 0 Å². The number of aliphatic hydroxyl groups excluding tert-OH is 2. The largest absolute Gasteiger partial charge is 0.390 e. The van der Waals surface area contributed by atoms with E-state index in [9.17, 15) is 15.0 Å². The Balaban J connectivity index is 2.33. The molecule has 84 valence electrons. The summed E-state index contributed by atoms with van der Waals surface area (Å²) in [6, 6.07) is 0. The smallest absolute Gasteiger partial charge is 0.216 e. The molecule has 6 heteroatoms. The Bertz CT molecular complexity index is 300. The van der Waals surface area contributed by atoms with Crippen LogP contribution in [-0.4, -0.2) is 38.7 Å². The maximum absolute atomic E-state index is 10.5. The Kier molecular flexibility index (Phi) is 4.26. The number of aromatic nitrogens is 2. The van der Waals surface area contributed by atoms with Gasteiger partial charge in [-0.05, 0) is 6.42 Å². The first-order valence-electron chi connectivity index (χ1n) is 4.71. The number of aliphatic hydroxyl groups is 2. The standard InChI is InChI=1S/C9H15N3O3/c1-6(13)10-3-2-7(14)8(15)9-11-4-5-12-9/h4-5,7-8,14-15H,2-3H2,1H3,(H,10,13)(H,11,12). The molecule has 2 atom stereocenters. The SMILES string of the molecule is CC(=O)NCCC(O)C(O)c1ncc[nH]1. The summed E-state index contributed by atoms with van der Waals surface area (Å²) in [7, 11) is 0. The quantitative estimate of drug-likeness (QED) is 0.521. The normalized spacial score (nSPS) is 14.6. The van der Waals surface area contributed by atoms with Gasteiger partial charge in [0.05, 0.1) is 6.10 Å². The molecule has 1 rings (SSSR count). The van der Waals surface area contributed by atoms with Crippen molar-refractivity contribution in [3.8, 4) is 0 Å². The van der Waals surface area contributed by atoms with Crippen molar-refractivity contribution in [2.45, 2.75) is 25.6 Å². The summed E-state index contributed by atoms with van der Waals surface area (Å²) < 4.78 is 0. The maximum Gasteiger partial charge on any atom is 0.216 e. The summed E-state index contributed by atoms with van der Waals surface area (Å²) in [5.41, 5.74) is 0. The highest BCUT2D eigenvalue weighted by Gasteiger charge is 2.19. The van der Waals surface area contributed by atoms with Crippen LogP contribution in [0.5, 0.6) is 0 Å². The molecule has 0 spiro atoms. The molecule has 0 aliphatic heterocycles. The van der Waals surface area contributed by atoms with Gasteiger partial charge < -0.3 is 20.5 Å². The number of H-pyrrole nitrogens is 1. The van der Waals surface area contributed by atoms with Gasteiger partial charge in [-0.25, -0.2) is 4.98 Å². The lowest BCUT2D eigenvalue weighted by molar-refractivity contribution is -0.119. The molecule has 0 aromatic carbocycles. The topological polar surface area (TPSA) is 98.2 Å². The van der Waals surface area contributed by atoms with Crippen molar-refractivity contribution in [2.24, 2.45) is 0 Å². The van der Waals surface area contributed by atoms with Crippen LogP contribution in [0, 0.1) is 0 Å². The molecule has 1 aromatic rings. The van der Waals surface area contributed by atoms with Gasteiger partial charge >= 0.3 is 0 Å². The average molecular weight is 213 g/mol. The molecule has 0 saturated heterocycles. The summed E-state index contributed by atoms with van der Waals surface area (Å²) in [5, 5.41) is 21.7. The molecule has 1 aromatic heterocycles. The maximum atomic E-state index is 10.5. The van der Waals surface area contributed by atoms with Gasteiger partial charge in [-0.3, -0.25) is 4.79 Å². The number of amides is 1. The molecule has 4 N–H and O–H groups in total. The van der Waals surface area contributed by atoms with E-state index in [0.29, 0.717) is 12.4 Å². The fourth-order valence-corrected chi connectivity index (χ4v) is 1.18. The lowest BCUT2D eigenvalue weighted by Crippen LogP contribution is -2.28. The predicted molar refractivity (Wildman–Crippen MR) is 52.9 cm³/mol. The number of nitrogens with one attached hydrogen (secondary N) is 2. The first kappa shape index (κ1) is 11.7. The molecule has 6 nitrogen and oxygen atoms in total. The van der Waals surface area contributed by atoms with Crippen molar-refractivity contribution in [2.75, 3.05) is 6.54 Å². The zero-order chi connectivity index (χ0) is 11.3. The minimum Gasteiger partial charge on any atom is -0.390 e. The fourth-order valence-electron chi connectivity index (χ4n) is 1.18. The van der Waals surface area contributed by atoms with Crippen LogP contribution in [0.3, 0.4) is 0 Å². The van der Waals surface area contributed by atoms with Crippen LogP contribution in [0.2, 0.25) is 0 Å². The molecule has 0 aliphatic rings. The van der Waals surface area contributed by atoms with E-state index in [2.05, 4.69) is 15.3 Å². The fraction of sp³-hybridized carbons (Fsp3) is 0.556. The summed E-state index contributed by atoms with van der Waals surface area (Å²) >= 11 is 0. The van der Waals surface area contributed by atoms with Gasteiger partial charge in [0.25, 0.3) is 0 Å². The molecule has 1 heterocycles. The van der Waals surface area contributed by atoms with E-state index in [1.165, 1.54) is 13.1 Å². The van der Waals surface area contributed by atoms with Crippen LogP contribution < -0.4 is 5.32 Å². The predicted octanol–water partition coefficient (Wildman–Crippen LogP) is -0.670. The molecule has 0 aliphatic carbocycles. The number of carbonyl (C=O) groups excluding carboxylic acids is 1. The van der Waals surface area contributed by atoms with E-state index < -0.39 is 12.2 Å². The van der Waals surface area contributed by atoms with Crippen LogP contribution in [0.1, 0.15) is 25.3 Å². The van der Waals surface area contributed by atoms with Crippen LogP contribution in [-0.2, 0) is 4.79 Å². The third kappa shape index (κ3) is 3.69. The molecule has 1 amide bonds. The second kappa shape index (κ2) is 5.47. The zero-order valence-electron chi connectivity index (χ0n) is 8.47. The van der Waals surface area contributed by atoms with Crippen LogP contribution in [0.4, 0.5) is 0 Å². The van der Waals surface area contributed by atoms with Gasteiger partial charge in [-0.1, -0.05) is 0 Å². The van der Waals surface area contributed by atoms with E-state index >= 15 is 0 Å². The second-order valence-corrected chi connectivity index (χ2v) is 3.26. The highest BCUT2D eigenvalue weighted by Crippen LogP contribution is 2.13. The summed E-state index contributed by atoms with van der Waals surface area (Å²) in [6.45, 7) is 1.73. The van der Waals surface area contributed by atoms with Crippen molar-refractivity contribution >= 4 is 5.91 Å². The first-order valence-corrected chi connectivity index (χ1v) is 4.71. The molecule has 0 fully saturated rings. The van der Waals surface area contributed by atoms with Crippen molar-refractivity contribution in [1.29, 1.82) is 0 Å². The lowest BCUT2D eigenvalue weighted by atomic mass is 10.1. The highest BCUT2D eigenvalue weighted by molar-refractivity contribution is 5.72. The van der Waals surface area contributed by atoms with Gasteiger partial charge in [0.2, 0.25) is 5.91 Å². The summed E-state index contributed by atoms with van der Waals surface area (Å²) in [6.07, 6.45) is 1.36. The Morgan fingerprint density at radius 1 is 1.67 bits per heavy atom. The Morgan fingerprint density at radius 3 is 2.93 bits per heavy atom. The number of hydrogen-bond acceptors (Lipinski definition) is 4. The Morgan fingerprint density at radius 2 is 2.40 bits per heavy atom. The molecule has 0 radical (unpaired) electrons. The number of imidazole rings is 1. The minimum absolute atomic E-state index is 0.158. The number of nitrogens with zero attached hydrogens (tertiary/aromatic N) is 1. The minimum atomic E-state index is -1.05. The number of aromatic amines is 1. The first-order chi connectivity index (χ1) is 7.11. The van der Waals surface area contributed by atoms with Gasteiger partial charge in [-0.15, -0.1) is 0 Å². The van der Waals surface area contributed by atoms with Crippen molar-refractivity contribution in [3.05, 3.63) is 18.2 Å². The van der Waals surface area contributed by atoms with Gasteiger partial charge in [0.1, 0.15) is 11.9 Å². The Labute approximate surface area is 87.3 Å². The van der Waals surface area contributed by atoms with Gasteiger partial charge in [0.15, 0.2) is 0 Å². The second-order valence-electron chi connectivity index (χ2n) is 3.26.